The zero-order valence-electron chi connectivity index (χ0n) is 14.3. The molecule has 0 bridgehead atoms. The van der Waals surface area contributed by atoms with Gasteiger partial charge < -0.3 is 20.7 Å². The molecule has 3 N–H and O–H groups in total. The van der Waals surface area contributed by atoms with E-state index >= 15 is 0 Å². The lowest BCUT2D eigenvalue weighted by molar-refractivity contribution is -0.118. The molecular weight excluding hydrogens is 352 g/mol. The Morgan fingerprint density at radius 1 is 1.31 bits per heavy atom. The summed E-state index contributed by atoms with van der Waals surface area (Å²) in [5, 5.41) is 9.44. The van der Waals surface area contributed by atoms with Gasteiger partial charge in [-0.3, -0.25) is 4.79 Å². The number of hydrogen-bond acceptors (Lipinski definition) is 5. The lowest BCUT2D eigenvalue weighted by Gasteiger charge is -2.18. The van der Waals surface area contributed by atoms with E-state index in [4.69, 9.17) is 4.74 Å². The maximum absolute atomic E-state index is 12.1. The van der Waals surface area contributed by atoms with Crippen molar-refractivity contribution >= 4 is 34.6 Å². The van der Waals surface area contributed by atoms with Gasteiger partial charge in [-0.15, -0.1) is 11.3 Å². The van der Waals surface area contributed by atoms with Crippen LogP contribution >= 0.6 is 11.3 Å². The van der Waals surface area contributed by atoms with E-state index < -0.39 is 0 Å². The van der Waals surface area contributed by atoms with Gasteiger partial charge in [0.1, 0.15) is 5.75 Å². The molecule has 0 spiro atoms. The molecule has 0 atom stereocenters. The zero-order valence-corrected chi connectivity index (χ0v) is 15.1. The van der Waals surface area contributed by atoms with Crippen LogP contribution in [0.3, 0.4) is 0 Å². The van der Waals surface area contributed by atoms with E-state index in [2.05, 4.69) is 20.9 Å². The lowest BCUT2D eigenvalue weighted by Crippen LogP contribution is -2.30. The molecule has 0 radical (unpaired) electrons. The van der Waals surface area contributed by atoms with E-state index in [9.17, 15) is 9.59 Å². The third-order valence-electron chi connectivity index (χ3n) is 4.39. The number of aromatic nitrogens is 1. The van der Waals surface area contributed by atoms with Crippen molar-refractivity contribution in [2.75, 3.05) is 23.8 Å². The Bertz CT molecular complexity index is 825. The van der Waals surface area contributed by atoms with Gasteiger partial charge in [0.15, 0.2) is 6.61 Å². The highest BCUT2D eigenvalue weighted by atomic mass is 32.1. The number of amides is 3. The van der Waals surface area contributed by atoms with Crippen LogP contribution < -0.4 is 20.7 Å². The molecule has 0 unspecified atom stereocenters. The fourth-order valence-electron chi connectivity index (χ4n) is 3.12. The van der Waals surface area contributed by atoms with Gasteiger partial charge >= 0.3 is 6.03 Å². The number of thiazole rings is 1. The van der Waals surface area contributed by atoms with Crippen molar-refractivity contribution in [1.82, 2.24) is 10.3 Å². The standard InChI is InChI=1S/C18H20N4O3S/c23-16-10-25-14-9-11(5-6-12(14)21-16)20-18(24)19-8-7-17-22-13-3-1-2-4-15(13)26-17/h5-6,9H,1-4,7-8,10H2,(H,21,23)(H2,19,20,24). The highest BCUT2D eigenvalue weighted by Gasteiger charge is 2.17. The molecule has 1 aliphatic carbocycles. The molecule has 1 aromatic carbocycles. The monoisotopic (exact) mass is 372 g/mol. The SMILES string of the molecule is O=C1COc2cc(NC(=O)NCCc3nc4c(s3)CCCC4)ccc2N1. The smallest absolute Gasteiger partial charge is 0.319 e. The predicted octanol–water partition coefficient (Wildman–Crippen LogP) is 2.72. The van der Waals surface area contributed by atoms with Gasteiger partial charge in [0.05, 0.1) is 16.4 Å². The molecule has 136 valence electrons. The van der Waals surface area contributed by atoms with Gasteiger partial charge in [0, 0.05) is 29.6 Å². The van der Waals surface area contributed by atoms with Crippen molar-refractivity contribution in [2.45, 2.75) is 32.1 Å². The summed E-state index contributed by atoms with van der Waals surface area (Å²) in [4.78, 5) is 29.4. The number of ether oxygens (including phenoxy) is 1. The van der Waals surface area contributed by atoms with Gasteiger partial charge in [0.2, 0.25) is 0 Å². The average Bonchev–Trinajstić information content (AvgIpc) is 3.04. The first-order valence-electron chi connectivity index (χ1n) is 8.76. The molecule has 2 aliphatic rings. The Hall–Kier alpha value is -2.61. The molecule has 26 heavy (non-hydrogen) atoms. The Balaban J connectivity index is 1.28. The Morgan fingerprint density at radius 3 is 3.08 bits per heavy atom. The molecule has 2 aromatic rings. The molecule has 4 rings (SSSR count). The molecule has 3 amide bonds. The number of nitrogens with one attached hydrogen (secondary N) is 3. The molecular formula is C18H20N4O3S. The van der Waals surface area contributed by atoms with Crippen LogP contribution in [0.1, 0.15) is 28.4 Å². The van der Waals surface area contributed by atoms with Crippen LogP contribution in [-0.2, 0) is 24.1 Å². The fourth-order valence-corrected chi connectivity index (χ4v) is 4.28. The van der Waals surface area contributed by atoms with Crippen LogP contribution in [0.15, 0.2) is 18.2 Å². The van der Waals surface area contributed by atoms with Crippen LogP contribution in [0.4, 0.5) is 16.2 Å². The number of hydrogen-bond donors (Lipinski definition) is 3. The summed E-state index contributed by atoms with van der Waals surface area (Å²) in [6, 6.07) is 4.86. The third kappa shape index (κ3) is 3.80. The quantitative estimate of drug-likeness (QED) is 0.769. The van der Waals surface area contributed by atoms with E-state index in [0.29, 0.717) is 23.7 Å². The number of rotatable bonds is 4. The van der Waals surface area contributed by atoms with Crippen molar-refractivity contribution in [3.8, 4) is 5.75 Å². The van der Waals surface area contributed by atoms with E-state index in [1.54, 1.807) is 29.5 Å². The summed E-state index contributed by atoms with van der Waals surface area (Å²) < 4.78 is 5.35. The second kappa shape index (κ2) is 7.33. The zero-order chi connectivity index (χ0) is 17.9. The van der Waals surface area contributed by atoms with Crippen LogP contribution in [0.2, 0.25) is 0 Å². The van der Waals surface area contributed by atoms with Crippen molar-refractivity contribution < 1.29 is 14.3 Å². The van der Waals surface area contributed by atoms with Gasteiger partial charge in [-0.05, 0) is 37.8 Å². The summed E-state index contributed by atoms with van der Waals surface area (Å²) in [5.74, 6) is 0.371. The Labute approximate surface area is 155 Å². The predicted molar refractivity (Wildman–Crippen MR) is 100 cm³/mol. The average molecular weight is 372 g/mol. The Morgan fingerprint density at radius 2 is 2.19 bits per heavy atom. The molecule has 1 aliphatic heterocycles. The topological polar surface area (TPSA) is 92.3 Å². The maximum atomic E-state index is 12.1. The summed E-state index contributed by atoms with van der Waals surface area (Å²) >= 11 is 1.77. The largest absolute Gasteiger partial charge is 0.482 e. The number of carbonyl (C=O) groups is 2. The second-order valence-electron chi connectivity index (χ2n) is 6.36. The number of benzene rings is 1. The Kier molecular flexibility index (Phi) is 4.75. The maximum Gasteiger partial charge on any atom is 0.319 e. The van der Waals surface area contributed by atoms with Crippen LogP contribution in [0.25, 0.3) is 0 Å². The first-order valence-corrected chi connectivity index (χ1v) is 9.58. The normalized spacial score (nSPS) is 15.3. The number of fused-ring (bicyclic) bond motifs is 2. The van der Waals surface area contributed by atoms with Crippen LogP contribution in [0.5, 0.6) is 5.75 Å². The summed E-state index contributed by atoms with van der Waals surface area (Å²) in [7, 11) is 0. The van der Waals surface area contributed by atoms with E-state index in [1.807, 2.05) is 0 Å². The fraction of sp³-hybridized carbons (Fsp3) is 0.389. The number of aryl methyl sites for hydroxylation is 2. The summed E-state index contributed by atoms with van der Waals surface area (Å²) in [6.07, 6.45) is 5.45. The second-order valence-corrected chi connectivity index (χ2v) is 7.53. The first-order chi connectivity index (χ1) is 12.7. The number of nitrogens with zero attached hydrogens (tertiary/aromatic N) is 1. The van der Waals surface area contributed by atoms with Crippen molar-refractivity contribution in [2.24, 2.45) is 0 Å². The molecule has 8 heteroatoms. The minimum Gasteiger partial charge on any atom is -0.482 e. The highest BCUT2D eigenvalue weighted by molar-refractivity contribution is 7.11. The summed E-state index contributed by atoms with van der Waals surface area (Å²) in [6.45, 7) is 0.524. The molecule has 0 saturated heterocycles. The van der Waals surface area contributed by atoms with Gasteiger partial charge in [-0.25, -0.2) is 9.78 Å². The lowest BCUT2D eigenvalue weighted by atomic mass is 10.0. The molecule has 0 saturated carbocycles. The molecule has 1 aromatic heterocycles. The highest BCUT2D eigenvalue weighted by Crippen LogP contribution is 2.30. The van der Waals surface area contributed by atoms with Crippen LogP contribution in [-0.4, -0.2) is 30.1 Å². The van der Waals surface area contributed by atoms with Crippen molar-refractivity contribution in [1.29, 1.82) is 0 Å². The molecule has 2 heterocycles. The van der Waals surface area contributed by atoms with E-state index in [1.165, 1.54) is 23.4 Å². The van der Waals surface area contributed by atoms with Crippen LogP contribution in [0, 0.1) is 0 Å². The van der Waals surface area contributed by atoms with E-state index in [0.717, 1.165) is 24.3 Å². The minimum atomic E-state index is -0.272. The summed E-state index contributed by atoms with van der Waals surface area (Å²) in [5.41, 5.74) is 2.48. The third-order valence-corrected chi connectivity index (χ3v) is 5.60. The van der Waals surface area contributed by atoms with E-state index in [-0.39, 0.29) is 18.5 Å². The van der Waals surface area contributed by atoms with Gasteiger partial charge in [-0.1, -0.05) is 0 Å². The number of urea groups is 1. The molecule has 7 nitrogen and oxygen atoms in total. The number of anilines is 2. The minimum absolute atomic E-state index is 0.0135. The van der Waals surface area contributed by atoms with Crippen molar-refractivity contribution in [3.63, 3.8) is 0 Å². The van der Waals surface area contributed by atoms with Crippen molar-refractivity contribution in [3.05, 3.63) is 33.8 Å². The number of carbonyl (C=O) groups excluding carboxylic acids is 2. The van der Waals surface area contributed by atoms with Gasteiger partial charge in [-0.2, -0.15) is 0 Å². The molecule has 0 fully saturated rings. The van der Waals surface area contributed by atoms with Gasteiger partial charge in [0.25, 0.3) is 5.91 Å². The first kappa shape index (κ1) is 16.8.